The first-order valence-electron chi connectivity index (χ1n) is 10.2. The number of nitrogens with zero attached hydrogens (tertiary/aromatic N) is 1. The zero-order valence-corrected chi connectivity index (χ0v) is 21.0. The molecule has 1 aromatic heterocycles. The molecule has 1 heterocycles. The summed E-state index contributed by atoms with van der Waals surface area (Å²) < 4.78 is 59.5. The van der Waals surface area contributed by atoms with Gasteiger partial charge in [0.05, 0.1) is 19.8 Å². The maximum absolute atomic E-state index is 14.9. The van der Waals surface area contributed by atoms with Gasteiger partial charge in [-0.15, -0.1) is 5.10 Å². The number of carbonyl (C=O) groups excluding carboxylic acids is 1. The molecule has 0 spiro atoms. The Labute approximate surface area is 205 Å². The highest BCUT2D eigenvalue weighted by molar-refractivity contribution is 7.89. The number of H-pyrrole nitrogens is 1. The van der Waals surface area contributed by atoms with Crippen molar-refractivity contribution < 1.29 is 31.5 Å². The van der Waals surface area contributed by atoms with E-state index in [1.807, 2.05) is 0 Å². The molecule has 3 rings (SSSR count). The summed E-state index contributed by atoms with van der Waals surface area (Å²) in [6, 6.07) is 3.82. The van der Waals surface area contributed by atoms with E-state index in [9.17, 15) is 22.4 Å². The maximum atomic E-state index is 14.9. The Hall–Kier alpha value is -3.22. The number of aromatic amines is 1. The van der Waals surface area contributed by atoms with Gasteiger partial charge in [0.25, 0.3) is 0 Å². The minimum absolute atomic E-state index is 0.0295. The molecule has 2 atom stereocenters. The normalized spacial score (nSPS) is 13.3. The highest BCUT2D eigenvalue weighted by Gasteiger charge is 2.36. The number of benzene rings is 2. The van der Waals surface area contributed by atoms with E-state index in [1.54, 1.807) is 26.8 Å². The number of rotatable bonds is 8. The Morgan fingerprint density at radius 1 is 1.26 bits per heavy atom. The minimum atomic E-state index is -4.61. The van der Waals surface area contributed by atoms with Crippen molar-refractivity contribution >= 4 is 27.6 Å². The van der Waals surface area contributed by atoms with Gasteiger partial charge in [-0.2, -0.15) is 4.72 Å². The van der Waals surface area contributed by atoms with Crippen molar-refractivity contribution in [3.63, 3.8) is 0 Å². The van der Waals surface area contributed by atoms with Crippen molar-refractivity contribution in [2.24, 2.45) is 0 Å². The number of hydrogen-bond donors (Lipinski definition) is 2. The molecule has 0 fully saturated rings. The molecule has 0 aliphatic heterocycles. The number of aryl methyl sites for hydroxylation is 1. The second-order valence-electron chi connectivity index (χ2n) is 7.72. The monoisotopic (exact) mass is 527 g/mol. The largest absolute Gasteiger partial charge is 0.495 e. The number of halogens is 2. The van der Waals surface area contributed by atoms with Crippen LogP contribution in [0.3, 0.4) is 0 Å². The van der Waals surface area contributed by atoms with Gasteiger partial charge < -0.3 is 13.9 Å². The van der Waals surface area contributed by atoms with E-state index in [4.69, 9.17) is 25.5 Å². The number of carbonyl (C=O) groups is 1. The van der Waals surface area contributed by atoms with Crippen molar-refractivity contribution in [1.29, 1.82) is 0 Å². The lowest BCUT2D eigenvalue weighted by Gasteiger charge is -2.25. The standard InChI is InChI=1S/C22H23ClFN3O7S/c1-10-6-7-15(24)17(11(10)2)12(3)18(20-25-26-22(29)34-20)27-35(30,31)19-14(21(28)33-5)8-13(23)9-16(19)32-4/h6-9,12,18,27H,1-5H3,(H,26,29)/t12?,18-/m0/s1. The van der Waals surface area contributed by atoms with Gasteiger partial charge in [-0.25, -0.2) is 27.5 Å². The van der Waals surface area contributed by atoms with Crippen molar-refractivity contribution in [2.75, 3.05) is 14.2 Å². The summed E-state index contributed by atoms with van der Waals surface area (Å²) in [4.78, 5) is 23.5. The molecule has 0 saturated carbocycles. The summed E-state index contributed by atoms with van der Waals surface area (Å²) >= 11 is 6.03. The zero-order chi connectivity index (χ0) is 26.1. The summed E-state index contributed by atoms with van der Waals surface area (Å²) in [5.74, 6) is -3.98. The molecule has 2 N–H and O–H groups in total. The number of sulfonamides is 1. The number of aromatic nitrogens is 2. The van der Waals surface area contributed by atoms with Gasteiger partial charge in [-0.1, -0.05) is 24.6 Å². The molecule has 1 unspecified atom stereocenters. The van der Waals surface area contributed by atoms with Crippen LogP contribution in [0.5, 0.6) is 5.75 Å². The lowest BCUT2D eigenvalue weighted by atomic mass is 9.88. The van der Waals surface area contributed by atoms with Gasteiger partial charge in [-0.05, 0) is 42.7 Å². The Bertz CT molecular complexity index is 1440. The van der Waals surface area contributed by atoms with Crippen LogP contribution in [-0.2, 0) is 14.8 Å². The molecule has 0 aliphatic carbocycles. The Kier molecular flexibility index (Phi) is 7.68. The SMILES string of the molecule is COC(=O)c1cc(Cl)cc(OC)c1S(=O)(=O)N[C@H](c1n[nH]c(=O)o1)C(C)c1c(F)ccc(C)c1C. The molecule has 0 saturated heterocycles. The fourth-order valence-corrected chi connectivity index (χ4v) is 5.56. The summed E-state index contributed by atoms with van der Waals surface area (Å²) in [7, 11) is -2.33. The molecule has 2 aromatic carbocycles. The lowest BCUT2D eigenvalue weighted by molar-refractivity contribution is 0.0595. The summed E-state index contributed by atoms with van der Waals surface area (Å²) in [6.45, 7) is 5.02. The van der Waals surface area contributed by atoms with Gasteiger partial charge in [0.2, 0.25) is 15.9 Å². The van der Waals surface area contributed by atoms with E-state index in [0.717, 1.165) is 18.7 Å². The van der Waals surface area contributed by atoms with Gasteiger partial charge in [-0.3, -0.25) is 0 Å². The number of nitrogens with one attached hydrogen (secondary N) is 2. The van der Waals surface area contributed by atoms with Crippen LogP contribution in [0.2, 0.25) is 5.02 Å². The van der Waals surface area contributed by atoms with E-state index < -0.39 is 50.0 Å². The maximum Gasteiger partial charge on any atom is 0.434 e. The van der Waals surface area contributed by atoms with E-state index in [1.165, 1.54) is 19.2 Å². The van der Waals surface area contributed by atoms with Gasteiger partial charge in [0.1, 0.15) is 22.5 Å². The average molecular weight is 528 g/mol. The van der Waals surface area contributed by atoms with E-state index in [-0.39, 0.29) is 22.2 Å². The van der Waals surface area contributed by atoms with Crippen molar-refractivity contribution in [3.05, 3.63) is 73.8 Å². The fraction of sp³-hybridized carbons (Fsp3) is 0.318. The van der Waals surface area contributed by atoms with Crippen LogP contribution in [0.4, 0.5) is 4.39 Å². The first kappa shape index (κ1) is 26.4. The van der Waals surface area contributed by atoms with Gasteiger partial charge in [0.15, 0.2) is 0 Å². The van der Waals surface area contributed by atoms with Crippen molar-refractivity contribution in [1.82, 2.24) is 14.9 Å². The first-order valence-corrected chi connectivity index (χ1v) is 12.1. The number of esters is 1. The van der Waals surface area contributed by atoms with Crippen LogP contribution in [-0.4, -0.2) is 38.8 Å². The molecular formula is C22H23ClFN3O7S. The molecule has 13 heteroatoms. The summed E-state index contributed by atoms with van der Waals surface area (Å²) in [5, 5.41) is 5.86. The van der Waals surface area contributed by atoms with Gasteiger partial charge in [0, 0.05) is 17.0 Å². The second kappa shape index (κ2) is 10.2. The fourth-order valence-electron chi connectivity index (χ4n) is 3.76. The van der Waals surface area contributed by atoms with Crippen LogP contribution in [0.15, 0.2) is 38.4 Å². The number of hydrogen-bond acceptors (Lipinski definition) is 8. The minimum Gasteiger partial charge on any atom is -0.495 e. The predicted molar refractivity (Wildman–Crippen MR) is 124 cm³/mol. The molecule has 0 amide bonds. The third-order valence-electron chi connectivity index (χ3n) is 5.60. The Balaban J connectivity index is 2.21. The molecule has 10 nitrogen and oxygen atoms in total. The highest BCUT2D eigenvalue weighted by Crippen LogP contribution is 2.37. The average Bonchev–Trinajstić information content (AvgIpc) is 3.24. The van der Waals surface area contributed by atoms with E-state index >= 15 is 0 Å². The topological polar surface area (TPSA) is 141 Å². The quantitative estimate of drug-likeness (QED) is 0.425. The molecule has 0 radical (unpaired) electrons. The highest BCUT2D eigenvalue weighted by atomic mass is 35.5. The molecule has 188 valence electrons. The van der Waals surface area contributed by atoms with E-state index in [2.05, 4.69) is 14.9 Å². The van der Waals surface area contributed by atoms with Crippen LogP contribution < -0.4 is 15.2 Å². The Morgan fingerprint density at radius 3 is 2.51 bits per heavy atom. The number of ether oxygens (including phenoxy) is 2. The summed E-state index contributed by atoms with van der Waals surface area (Å²) in [5.41, 5.74) is 1.15. The molecule has 3 aromatic rings. The molecule has 0 bridgehead atoms. The third-order valence-corrected chi connectivity index (χ3v) is 7.35. The predicted octanol–water partition coefficient (Wildman–Crippen LogP) is 3.39. The molecular weight excluding hydrogens is 505 g/mol. The first-order chi connectivity index (χ1) is 16.4. The van der Waals surface area contributed by atoms with Crippen LogP contribution >= 0.6 is 11.6 Å². The van der Waals surface area contributed by atoms with Crippen LogP contribution in [0.25, 0.3) is 0 Å². The van der Waals surface area contributed by atoms with Crippen molar-refractivity contribution in [2.45, 2.75) is 37.6 Å². The third kappa shape index (κ3) is 5.24. The molecule has 35 heavy (non-hydrogen) atoms. The van der Waals surface area contributed by atoms with E-state index in [0.29, 0.717) is 5.56 Å². The second-order valence-corrected chi connectivity index (χ2v) is 9.81. The number of methoxy groups -OCH3 is 2. The lowest BCUT2D eigenvalue weighted by Crippen LogP contribution is -2.34. The van der Waals surface area contributed by atoms with Crippen LogP contribution in [0, 0.1) is 19.7 Å². The molecule has 0 aliphatic rings. The van der Waals surface area contributed by atoms with Crippen molar-refractivity contribution in [3.8, 4) is 5.75 Å². The smallest absolute Gasteiger partial charge is 0.434 e. The zero-order valence-electron chi connectivity index (χ0n) is 19.4. The Morgan fingerprint density at radius 2 is 1.94 bits per heavy atom. The van der Waals surface area contributed by atoms with Gasteiger partial charge >= 0.3 is 11.7 Å². The summed E-state index contributed by atoms with van der Waals surface area (Å²) in [6.07, 6.45) is 0. The van der Waals surface area contributed by atoms with Crippen LogP contribution in [0.1, 0.15) is 51.8 Å².